The van der Waals surface area contributed by atoms with Crippen LogP contribution in [0.5, 0.6) is 11.5 Å². The lowest BCUT2D eigenvalue weighted by Gasteiger charge is -2.35. The number of hydrogen-bond acceptors (Lipinski definition) is 6. The Bertz CT molecular complexity index is 1270. The summed E-state index contributed by atoms with van der Waals surface area (Å²) in [5.74, 6) is 0.757. The van der Waals surface area contributed by atoms with Crippen molar-refractivity contribution in [3.05, 3.63) is 59.9 Å². The number of piperidine rings is 1. The molecule has 9 nitrogen and oxygen atoms in total. The number of anilines is 1. The lowest BCUT2D eigenvalue weighted by Crippen LogP contribution is -2.44. The Morgan fingerprint density at radius 1 is 1.16 bits per heavy atom. The third-order valence-corrected chi connectivity index (χ3v) is 7.43. The maximum atomic E-state index is 13.2. The van der Waals surface area contributed by atoms with Crippen LogP contribution < -0.4 is 14.8 Å². The first-order valence-electron chi connectivity index (χ1n) is 12.6. The molecular formula is C28H33N5O4. The number of ether oxygens (including phenoxy) is 2. The molecule has 37 heavy (non-hydrogen) atoms. The van der Waals surface area contributed by atoms with E-state index >= 15 is 0 Å². The fourth-order valence-electron chi connectivity index (χ4n) is 5.07. The number of benzene rings is 2. The molecule has 9 heteroatoms. The first kappa shape index (κ1) is 24.8. The van der Waals surface area contributed by atoms with Crippen molar-refractivity contribution in [1.82, 2.24) is 20.0 Å². The van der Waals surface area contributed by atoms with Crippen molar-refractivity contribution in [2.45, 2.75) is 25.3 Å². The molecule has 2 aliphatic heterocycles. The molecule has 3 heterocycles. The molecule has 5 rings (SSSR count). The normalized spacial score (nSPS) is 18.0. The Hall–Kier alpha value is -3.85. The number of fused-ring (bicyclic) bond motifs is 1. The summed E-state index contributed by atoms with van der Waals surface area (Å²) in [4.78, 5) is 30.6. The highest BCUT2D eigenvalue weighted by Gasteiger charge is 2.29. The van der Waals surface area contributed by atoms with Gasteiger partial charge in [-0.1, -0.05) is 6.07 Å². The first-order valence-corrected chi connectivity index (χ1v) is 12.6. The molecule has 1 fully saturated rings. The molecule has 1 aromatic heterocycles. The lowest BCUT2D eigenvalue weighted by atomic mass is 9.94. The Morgan fingerprint density at radius 3 is 2.70 bits per heavy atom. The van der Waals surface area contributed by atoms with Crippen LogP contribution in [0.2, 0.25) is 0 Å². The van der Waals surface area contributed by atoms with Crippen LogP contribution in [0.15, 0.2) is 48.8 Å². The summed E-state index contributed by atoms with van der Waals surface area (Å²) in [7, 11) is 5.57. The second-order valence-corrected chi connectivity index (χ2v) is 9.88. The molecule has 2 amide bonds. The largest absolute Gasteiger partial charge is 0.495 e. The molecule has 0 radical (unpaired) electrons. The van der Waals surface area contributed by atoms with E-state index in [2.05, 4.69) is 27.5 Å². The number of nitrogens with one attached hydrogen (secondary N) is 2. The molecule has 3 aromatic rings. The van der Waals surface area contributed by atoms with E-state index in [1.54, 1.807) is 19.5 Å². The predicted molar refractivity (Wildman–Crippen MR) is 141 cm³/mol. The van der Waals surface area contributed by atoms with Gasteiger partial charge in [-0.15, -0.1) is 0 Å². The summed E-state index contributed by atoms with van der Waals surface area (Å²) in [5, 5.41) is 9.77. The Kier molecular flexibility index (Phi) is 7.14. The van der Waals surface area contributed by atoms with E-state index in [0.717, 1.165) is 48.4 Å². The average Bonchev–Trinajstić information content (AvgIpc) is 3.47. The van der Waals surface area contributed by atoms with Crippen LogP contribution in [0, 0.1) is 5.92 Å². The summed E-state index contributed by atoms with van der Waals surface area (Å²) < 4.78 is 11.4. The third-order valence-electron chi connectivity index (χ3n) is 7.43. The molecule has 1 unspecified atom stereocenters. The Labute approximate surface area is 216 Å². The fraction of sp³-hybridized carbons (Fsp3) is 0.393. The van der Waals surface area contributed by atoms with E-state index in [1.807, 2.05) is 48.3 Å². The maximum absolute atomic E-state index is 13.2. The van der Waals surface area contributed by atoms with Gasteiger partial charge in [-0.25, -0.2) is 0 Å². The molecule has 2 aliphatic rings. The zero-order chi connectivity index (χ0) is 25.9. The number of nitrogens with zero attached hydrogens (tertiary/aromatic N) is 3. The van der Waals surface area contributed by atoms with E-state index in [1.165, 1.54) is 0 Å². The fourth-order valence-corrected chi connectivity index (χ4v) is 5.07. The van der Waals surface area contributed by atoms with Gasteiger partial charge in [-0.05, 0) is 80.9 Å². The number of carbonyl (C=O) groups excluding carboxylic acids is 2. The van der Waals surface area contributed by atoms with Gasteiger partial charge in [0.2, 0.25) is 5.91 Å². The van der Waals surface area contributed by atoms with E-state index in [9.17, 15) is 9.59 Å². The zero-order valence-corrected chi connectivity index (χ0v) is 21.5. The van der Waals surface area contributed by atoms with Crippen molar-refractivity contribution >= 4 is 17.5 Å². The van der Waals surface area contributed by atoms with Crippen LogP contribution in [0.3, 0.4) is 0 Å². The minimum atomic E-state index is -0.386. The second-order valence-electron chi connectivity index (χ2n) is 9.88. The molecule has 0 spiro atoms. The van der Waals surface area contributed by atoms with Gasteiger partial charge in [0, 0.05) is 30.4 Å². The Morgan fingerprint density at radius 2 is 1.97 bits per heavy atom. The maximum Gasteiger partial charge on any atom is 0.253 e. The minimum Gasteiger partial charge on any atom is -0.495 e. The predicted octanol–water partition coefficient (Wildman–Crippen LogP) is 3.44. The zero-order valence-electron chi connectivity index (χ0n) is 21.5. The van der Waals surface area contributed by atoms with Gasteiger partial charge in [0.15, 0.2) is 0 Å². The number of aromatic nitrogens is 2. The van der Waals surface area contributed by atoms with Crippen molar-refractivity contribution in [1.29, 1.82) is 0 Å². The highest BCUT2D eigenvalue weighted by atomic mass is 16.5. The number of methoxy groups -OCH3 is 1. The lowest BCUT2D eigenvalue weighted by molar-refractivity contribution is -0.121. The van der Waals surface area contributed by atoms with Gasteiger partial charge in [-0.2, -0.15) is 5.10 Å². The molecule has 2 N–H and O–H groups in total. The number of rotatable bonds is 6. The van der Waals surface area contributed by atoms with Crippen LogP contribution in [0.4, 0.5) is 5.69 Å². The molecule has 2 aromatic carbocycles. The van der Waals surface area contributed by atoms with Crippen molar-refractivity contribution in [2.24, 2.45) is 5.92 Å². The van der Waals surface area contributed by atoms with Crippen LogP contribution in [0.1, 0.15) is 28.8 Å². The average molecular weight is 504 g/mol. The summed E-state index contributed by atoms with van der Waals surface area (Å²) in [6.45, 7) is 2.26. The van der Waals surface area contributed by atoms with E-state index in [4.69, 9.17) is 9.47 Å². The quantitative estimate of drug-likeness (QED) is 0.535. The second kappa shape index (κ2) is 10.6. The van der Waals surface area contributed by atoms with Crippen LogP contribution in [-0.2, 0) is 11.2 Å². The molecule has 0 saturated carbocycles. The van der Waals surface area contributed by atoms with Crippen molar-refractivity contribution in [3.63, 3.8) is 0 Å². The van der Waals surface area contributed by atoms with Gasteiger partial charge in [0.25, 0.3) is 5.91 Å². The number of aromatic amines is 1. The number of amides is 2. The number of hydrogen-bond donors (Lipinski definition) is 2. The van der Waals surface area contributed by atoms with E-state index in [0.29, 0.717) is 23.4 Å². The van der Waals surface area contributed by atoms with Gasteiger partial charge in [0.05, 0.1) is 24.9 Å². The smallest absolute Gasteiger partial charge is 0.253 e. The summed E-state index contributed by atoms with van der Waals surface area (Å²) in [6.07, 6.45) is 5.97. The minimum absolute atomic E-state index is 0.00590. The molecule has 1 saturated heterocycles. The molecule has 1 atom stereocenters. The highest BCUT2D eigenvalue weighted by Crippen LogP contribution is 2.33. The molecule has 0 aliphatic carbocycles. The van der Waals surface area contributed by atoms with Gasteiger partial charge in [-0.3, -0.25) is 14.7 Å². The highest BCUT2D eigenvalue weighted by molar-refractivity contribution is 5.96. The summed E-state index contributed by atoms with van der Waals surface area (Å²) in [6, 6.07) is 11.4. The van der Waals surface area contributed by atoms with Gasteiger partial charge >= 0.3 is 0 Å². The van der Waals surface area contributed by atoms with Crippen LogP contribution >= 0.6 is 0 Å². The molecule has 194 valence electrons. The topological polar surface area (TPSA) is 99.8 Å². The van der Waals surface area contributed by atoms with Crippen molar-refractivity contribution in [3.8, 4) is 22.6 Å². The van der Waals surface area contributed by atoms with Crippen LogP contribution in [-0.4, -0.2) is 78.8 Å². The first-order chi connectivity index (χ1) is 17.9. The number of carbonyl (C=O) groups is 2. The molecular weight excluding hydrogens is 470 g/mol. The van der Waals surface area contributed by atoms with Crippen molar-refractivity contribution < 1.29 is 19.1 Å². The van der Waals surface area contributed by atoms with Crippen LogP contribution in [0.25, 0.3) is 11.1 Å². The summed E-state index contributed by atoms with van der Waals surface area (Å²) >= 11 is 0. The SMILES string of the molecule is COc1cc(-c2cn[nH]c2)ccc1NC(=O)C1COc2ccc(C(=O)N(C)C3CCN(C)CC3)cc2C1. The summed E-state index contributed by atoms with van der Waals surface area (Å²) in [5.41, 5.74) is 3.95. The van der Waals surface area contributed by atoms with Gasteiger partial charge in [0.1, 0.15) is 18.1 Å². The Balaban J connectivity index is 1.26. The molecule has 0 bridgehead atoms. The van der Waals surface area contributed by atoms with Crippen molar-refractivity contribution in [2.75, 3.05) is 46.2 Å². The van der Waals surface area contributed by atoms with Gasteiger partial charge < -0.3 is 24.6 Å². The monoisotopic (exact) mass is 503 g/mol. The number of likely N-dealkylation sites (tertiary alicyclic amines) is 1. The third kappa shape index (κ3) is 5.32. The van der Waals surface area contributed by atoms with E-state index < -0.39 is 0 Å². The standard InChI is InChI=1S/C28H33N5O4/c1-32-10-8-23(9-11-32)33(2)28(35)19-5-7-25-20(12-19)13-21(17-37-25)27(34)31-24-6-4-18(14-26(24)36-3)22-15-29-30-16-22/h4-7,12,14-16,21,23H,8-11,13,17H2,1-3H3,(H,29,30)(H,31,34). The number of H-pyrrole nitrogens is 1. The van der Waals surface area contributed by atoms with E-state index in [-0.39, 0.29) is 30.4 Å².